The normalized spacial score (nSPS) is 10.7. The summed E-state index contributed by atoms with van der Waals surface area (Å²) in [5, 5.41) is 3.49. The summed E-state index contributed by atoms with van der Waals surface area (Å²) in [5.41, 5.74) is 2.40. The third-order valence-corrected chi connectivity index (χ3v) is 2.89. The van der Waals surface area contributed by atoms with Crippen molar-refractivity contribution in [3.05, 3.63) is 35.9 Å². The lowest BCUT2D eigenvalue weighted by Crippen LogP contribution is -2.35. The van der Waals surface area contributed by atoms with Crippen molar-refractivity contribution in [2.24, 2.45) is 0 Å². The molecular formula is C17H28ClNO2. The maximum Gasteiger partial charge on any atom is 0.164 e. The second-order valence-electron chi connectivity index (χ2n) is 5.82. The van der Waals surface area contributed by atoms with Crippen LogP contribution in [0.2, 0.25) is 0 Å². The zero-order valence-electron chi connectivity index (χ0n) is 13.8. The zero-order chi connectivity index (χ0) is 15.2. The van der Waals surface area contributed by atoms with Gasteiger partial charge in [-0.05, 0) is 45.7 Å². The predicted molar refractivity (Wildman–Crippen MR) is 91.9 cm³/mol. The van der Waals surface area contributed by atoms with Crippen LogP contribution in [0.3, 0.4) is 0 Å². The van der Waals surface area contributed by atoms with Crippen LogP contribution in [-0.2, 0) is 13.0 Å². The molecule has 4 heteroatoms. The van der Waals surface area contributed by atoms with Gasteiger partial charge in [0, 0.05) is 17.6 Å². The van der Waals surface area contributed by atoms with Gasteiger partial charge < -0.3 is 14.8 Å². The zero-order valence-corrected chi connectivity index (χ0v) is 14.6. The highest BCUT2D eigenvalue weighted by Gasteiger charge is 2.14. The van der Waals surface area contributed by atoms with E-state index in [-0.39, 0.29) is 17.9 Å². The van der Waals surface area contributed by atoms with Gasteiger partial charge in [-0.2, -0.15) is 0 Å². The maximum absolute atomic E-state index is 5.72. The molecule has 1 aromatic carbocycles. The lowest BCUT2D eigenvalue weighted by atomic mass is 10.0. The number of rotatable bonds is 7. The SMILES string of the molecule is C=CCc1cc(CNC(C)(C)C)cc(OC)c1OCC.Cl. The molecule has 0 aliphatic rings. The second kappa shape index (κ2) is 8.96. The van der Waals surface area contributed by atoms with Crippen LogP contribution < -0.4 is 14.8 Å². The Labute approximate surface area is 135 Å². The molecule has 3 nitrogen and oxygen atoms in total. The molecule has 1 aromatic rings. The predicted octanol–water partition coefficient (Wildman–Crippen LogP) is 4.13. The summed E-state index contributed by atoms with van der Waals surface area (Å²) < 4.78 is 11.2. The van der Waals surface area contributed by atoms with E-state index in [0.717, 1.165) is 30.0 Å². The molecule has 0 aliphatic heterocycles. The minimum Gasteiger partial charge on any atom is -0.493 e. The van der Waals surface area contributed by atoms with Gasteiger partial charge in [0.1, 0.15) is 0 Å². The van der Waals surface area contributed by atoms with E-state index in [1.54, 1.807) is 7.11 Å². The maximum atomic E-state index is 5.72. The summed E-state index contributed by atoms with van der Waals surface area (Å²) in [6, 6.07) is 4.20. The number of hydrogen-bond donors (Lipinski definition) is 1. The Morgan fingerprint density at radius 1 is 1.29 bits per heavy atom. The van der Waals surface area contributed by atoms with Crippen molar-refractivity contribution in [3.63, 3.8) is 0 Å². The Kier molecular flexibility index (Phi) is 8.45. The summed E-state index contributed by atoms with van der Waals surface area (Å²) in [4.78, 5) is 0. The molecule has 0 saturated carbocycles. The highest BCUT2D eigenvalue weighted by Crippen LogP contribution is 2.33. The van der Waals surface area contributed by atoms with E-state index in [1.807, 2.05) is 19.1 Å². The van der Waals surface area contributed by atoms with Crippen LogP contribution >= 0.6 is 12.4 Å². The molecule has 0 heterocycles. The molecule has 0 amide bonds. The van der Waals surface area contributed by atoms with Crippen LogP contribution in [0.15, 0.2) is 24.8 Å². The van der Waals surface area contributed by atoms with Crippen LogP contribution in [0.4, 0.5) is 0 Å². The average Bonchev–Trinajstić information content (AvgIpc) is 2.38. The Bertz CT molecular complexity index is 453. The van der Waals surface area contributed by atoms with Gasteiger partial charge in [0.15, 0.2) is 11.5 Å². The largest absolute Gasteiger partial charge is 0.493 e. The first-order chi connectivity index (χ1) is 9.41. The first kappa shape index (κ1) is 19.8. The van der Waals surface area contributed by atoms with E-state index < -0.39 is 0 Å². The quantitative estimate of drug-likeness (QED) is 0.768. The van der Waals surface area contributed by atoms with Gasteiger partial charge in [-0.15, -0.1) is 19.0 Å². The topological polar surface area (TPSA) is 30.5 Å². The highest BCUT2D eigenvalue weighted by molar-refractivity contribution is 5.85. The van der Waals surface area contributed by atoms with Gasteiger partial charge in [0.2, 0.25) is 0 Å². The van der Waals surface area contributed by atoms with E-state index in [1.165, 1.54) is 5.56 Å². The molecule has 0 fully saturated rings. The number of ether oxygens (including phenoxy) is 2. The summed E-state index contributed by atoms with van der Waals surface area (Å²) in [5.74, 6) is 1.62. The molecule has 0 bridgehead atoms. The van der Waals surface area contributed by atoms with Gasteiger partial charge in [-0.25, -0.2) is 0 Å². The van der Waals surface area contributed by atoms with Crippen molar-refractivity contribution in [3.8, 4) is 11.5 Å². The molecule has 1 N–H and O–H groups in total. The van der Waals surface area contributed by atoms with Crippen molar-refractivity contribution >= 4 is 12.4 Å². The molecule has 120 valence electrons. The van der Waals surface area contributed by atoms with Crippen molar-refractivity contribution in [2.75, 3.05) is 13.7 Å². The van der Waals surface area contributed by atoms with Crippen molar-refractivity contribution < 1.29 is 9.47 Å². The Morgan fingerprint density at radius 2 is 1.95 bits per heavy atom. The molecule has 0 unspecified atom stereocenters. The number of hydrogen-bond acceptors (Lipinski definition) is 3. The number of nitrogens with one attached hydrogen (secondary N) is 1. The molecular weight excluding hydrogens is 286 g/mol. The lowest BCUT2D eigenvalue weighted by Gasteiger charge is -2.22. The summed E-state index contributed by atoms with van der Waals surface area (Å²) in [6.07, 6.45) is 2.66. The number of allylic oxidation sites excluding steroid dienone is 1. The molecule has 21 heavy (non-hydrogen) atoms. The lowest BCUT2D eigenvalue weighted by molar-refractivity contribution is 0.307. The number of benzene rings is 1. The molecule has 0 aromatic heterocycles. The second-order valence-corrected chi connectivity index (χ2v) is 5.82. The van der Waals surface area contributed by atoms with E-state index in [2.05, 4.69) is 38.7 Å². The van der Waals surface area contributed by atoms with Crippen LogP contribution in [0, 0.1) is 0 Å². The van der Waals surface area contributed by atoms with Gasteiger partial charge in [0.25, 0.3) is 0 Å². The van der Waals surface area contributed by atoms with Crippen molar-refractivity contribution in [1.29, 1.82) is 0 Å². The number of halogens is 1. The molecule has 0 atom stereocenters. The minimum atomic E-state index is 0. The average molecular weight is 314 g/mol. The Balaban J connectivity index is 0.00000400. The molecule has 0 radical (unpaired) electrons. The van der Waals surface area contributed by atoms with Gasteiger partial charge in [-0.1, -0.05) is 12.1 Å². The summed E-state index contributed by atoms with van der Waals surface area (Å²) >= 11 is 0. The fourth-order valence-electron chi connectivity index (χ4n) is 1.96. The summed E-state index contributed by atoms with van der Waals surface area (Å²) in [6.45, 7) is 13.7. The van der Waals surface area contributed by atoms with Gasteiger partial charge in [0.05, 0.1) is 13.7 Å². The molecule has 0 spiro atoms. The van der Waals surface area contributed by atoms with Crippen molar-refractivity contribution in [2.45, 2.75) is 46.2 Å². The monoisotopic (exact) mass is 313 g/mol. The van der Waals surface area contributed by atoms with Crippen LogP contribution in [0.5, 0.6) is 11.5 Å². The summed E-state index contributed by atoms with van der Waals surface area (Å²) in [7, 11) is 1.68. The fraction of sp³-hybridized carbons (Fsp3) is 0.529. The fourth-order valence-corrected chi connectivity index (χ4v) is 1.96. The van der Waals surface area contributed by atoms with Gasteiger partial charge >= 0.3 is 0 Å². The molecule has 0 aliphatic carbocycles. The van der Waals surface area contributed by atoms with Crippen LogP contribution in [-0.4, -0.2) is 19.3 Å². The Morgan fingerprint density at radius 3 is 2.43 bits per heavy atom. The van der Waals surface area contributed by atoms with E-state index >= 15 is 0 Å². The first-order valence-electron chi connectivity index (χ1n) is 7.09. The van der Waals surface area contributed by atoms with E-state index in [4.69, 9.17) is 9.47 Å². The van der Waals surface area contributed by atoms with E-state index in [9.17, 15) is 0 Å². The standard InChI is InChI=1S/C17H27NO2.ClH/c1-7-9-14-10-13(12-18-17(3,4)5)11-15(19-6)16(14)20-8-2;/h7,10-11,18H,1,8-9,12H2,2-6H3;1H. The first-order valence-corrected chi connectivity index (χ1v) is 7.09. The van der Waals surface area contributed by atoms with Crippen LogP contribution in [0.25, 0.3) is 0 Å². The van der Waals surface area contributed by atoms with Crippen LogP contribution in [0.1, 0.15) is 38.8 Å². The van der Waals surface area contributed by atoms with E-state index in [0.29, 0.717) is 6.61 Å². The number of methoxy groups -OCH3 is 1. The molecule has 0 saturated heterocycles. The van der Waals surface area contributed by atoms with Crippen molar-refractivity contribution in [1.82, 2.24) is 5.32 Å². The third-order valence-electron chi connectivity index (χ3n) is 2.89. The minimum absolute atomic E-state index is 0. The third kappa shape index (κ3) is 6.40. The smallest absolute Gasteiger partial charge is 0.164 e. The Hall–Kier alpha value is -1.19. The highest BCUT2D eigenvalue weighted by atomic mass is 35.5. The van der Waals surface area contributed by atoms with Gasteiger partial charge in [-0.3, -0.25) is 0 Å². The molecule has 1 rings (SSSR count).